The molecule has 2 aromatic rings. The van der Waals surface area contributed by atoms with Crippen LogP contribution in [0.3, 0.4) is 0 Å². The van der Waals surface area contributed by atoms with Crippen LogP contribution in [0.25, 0.3) is 0 Å². The Hall–Kier alpha value is -2.58. The van der Waals surface area contributed by atoms with E-state index >= 15 is 0 Å². The number of benzene rings is 1. The van der Waals surface area contributed by atoms with Crippen molar-refractivity contribution in [3.63, 3.8) is 0 Å². The maximum atomic E-state index is 11.3. The predicted molar refractivity (Wildman–Crippen MR) is 73.8 cm³/mol. The Balaban J connectivity index is 1.88. The Kier molecular flexibility index (Phi) is 4.53. The predicted octanol–water partition coefficient (Wildman–Crippen LogP) is 1.96. The number of aromatic nitrogens is 1. The van der Waals surface area contributed by atoms with Crippen LogP contribution in [0.1, 0.15) is 27.3 Å². The molecule has 1 aromatic heterocycles. The lowest BCUT2D eigenvalue weighted by atomic mass is 10.1. The number of hydrogen-bond acceptors (Lipinski definition) is 4. The van der Waals surface area contributed by atoms with E-state index in [-0.39, 0.29) is 5.97 Å². The van der Waals surface area contributed by atoms with Crippen LogP contribution >= 0.6 is 0 Å². The monoisotopic (exact) mass is 269 g/mol. The van der Waals surface area contributed by atoms with E-state index in [0.29, 0.717) is 24.3 Å². The molecule has 0 spiro atoms. The fraction of sp³-hybridized carbons (Fsp3) is 0.200. The van der Waals surface area contributed by atoms with Crippen molar-refractivity contribution in [3.8, 4) is 6.07 Å². The molecular formula is C15H15N3O2. The molecule has 0 radical (unpaired) electrons. The number of hydrogen-bond donors (Lipinski definition) is 2. The molecular weight excluding hydrogens is 254 g/mol. The number of nitrogens with one attached hydrogen (secondary N) is 2. The first-order valence-corrected chi connectivity index (χ1v) is 6.19. The van der Waals surface area contributed by atoms with E-state index in [1.54, 1.807) is 12.1 Å². The average molecular weight is 269 g/mol. The zero-order chi connectivity index (χ0) is 14.4. The summed E-state index contributed by atoms with van der Waals surface area (Å²) in [5.74, 6) is -0.377. The molecule has 0 amide bonds. The Labute approximate surface area is 117 Å². The molecule has 1 heterocycles. The lowest BCUT2D eigenvalue weighted by molar-refractivity contribution is 0.0594. The fourth-order valence-corrected chi connectivity index (χ4v) is 1.86. The highest BCUT2D eigenvalue weighted by molar-refractivity contribution is 5.87. The second-order valence-corrected chi connectivity index (χ2v) is 4.30. The second-order valence-electron chi connectivity index (χ2n) is 4.30. The molecule has 20 heavy (non-hydrogen) atoms. The minimum atomic E-state index is -0.377. The lowest BCUT2D eigenvalue weighted by Gasteiger charge is -2.04. The van der Waals surface area contributed by atoms with Crippen LogP contribution in [0.2, 0.25) is 0 Å². The Morgan fingerprint density at radius 2 is 2.20 bits per heavy atom. The summed E-state index contributed by atoms with van der Waals surface area (Å²) in [6.45, 7) is 1.26. The Bertz CT molecular complexity index is 641. The Morgan fingerprint density at radius 1 is 1.35 bits per heavy atom. The molecule has 0 saturated heterocycles. The summed E-state index contributed by atoms with van der Waals surface area (Å²) in [7, 11) is 1.35. The Morgan fingerprint density at radius 3 is 2.95 bits per heavy atom. The molecule has 5 nitrogen and oxygen atoms in total. The second kappa shape index (κ2) is 6.55. The van der Waals surface area contributed by atoms with Crippen LogP contribution in [0, 0.1) is 11.3 Å². The first-order valence-electron chi connectivity index (χ1n) is 6.19. The van der Waals surface area contributed by atoms with Gasteiger partial charge in [0.2, 0.25) is 0 Å². The molecule has 0 aliphatic carbocycles. The molecule has 2 rings (SSSR count). The fourth-order valence-electron chi connectivity index (χ4n) is 1.86. The number of H-pyrrole nitrogens is 1. The number of aromatic amines is 1. The number of rotatable bonds is 5. The van der Waals surface area contributed by atoms with Gasteiger partial charge >= 0.3 is 5.97 Å². The number of carbonyl (C=O) groups is 1. The summed E-state index contributed by atoms with van der Waals surface area (Å²) in [6, 6.07) is 13.1. The van der Waals surface area contributed by atoms with Crippen molar-refractivity contribution in [1.82, 2.24) is 10.3 Å². The number of nitrogens with zero attached hydrogens (tertiary/aromatic N) is 1. The molecule has 0 bridgehead atoms. The van der Waals surface area contributed by atoms with Gasteiger partial charge in [0, 0.05) is 18.8 Å². The largest absolute Gasteiger partial charge is 0.464 e. The maximum absolute atomic E-state index is 11.3. The van der Waals surface area contributed by atoms with Gasteiger partial charge in [0.15, 0.2) is 0 Å². The van der Waals surface area contributed by atoms with Crippen molar-refractivity contribution in [2.75, 3.05) is 7.11 Å². The van der Waals surface area contributed by atoms with Crippen LogP contribution in [-0.4, -0.2) is 18.1 Å². The van der Waals surface area contributed by atoms with Crippen LogP contribution in [0.5, 0.6) is 0 Å². The summed E-state index contributed by atoms with van der Waals surface area (Å²) in [5, 5.41) is 12.1. The number of methoxy groups -OCH3 is 1. The standard InChI is InChI=1S/C15H15N3O2/c1-20-15(19)14-6-5-13(18-14)10-17-9-12-4-2-3-11(7-12)8-16/h2-7,17-18H,9-10H2,1H3. The van der Waals surface area contributed by atoms with Crippen LogP contribution in [0.15, 0.2) is 36.4 Å². The van der Waals surface area contributed by atoms with E-state index < -0.39 is 0 Å². The number of nitriles is 1. The van der Waals surface area contributed by atoms with Gasteiger partial charge in [-0.1, -0.05) is 12.1 Å². The molecule has 1 aromatic carbocycles. The minimum Gasteiger partial charge on any atom is -0.464 e. The highest BCUT2D eigenvalue weighted by Gasteiger charge is 2.07. The average Bonchev–Trinajstić information content (AvgIpc) is 2.95. The van der Waals surface area contributed by atoms with Crippen LogP contribution < -0.4 is 5.32 Å². The van der Waals surface area contributed by atoms with E-state index in [2.05, 4.69) is 21.1 Å². The zero-order valence-corrected chi connectivity index (χ0v) is 11.1. The summed E-state index contributed by atoms with van der Waals surface area (Å²) >= 11 is 0. The molecule has 0 fully saturated rings. The van der Waals surface area contributed by atoms with Gasteiger partial charge in [0.05, 0.1) is 18.7 Å². The summed E-state index contributed by atoms with van der Waals surface area (Å²) < 4.78 is 4.63. The lowest BCUT2D eigenvalue weighted by Crippen LogP contribution is -2.13. The number of carbonyl (C=O) groups excluding carboxylic acids is 1. The van der Waals surface area contributed by atoms with Crippen molar-refractivity contribution in [2.24, 2.45) is 0 Å². The van der Waals surface area contributed by atoms with Crippen LogP contribution in [-0.2, 0) is 17.8 Å². The molecule has 0 aliphatic heterocycles. The normalized spacial score (nSPS) is 10.0. The quantitative estimate of drug-likeness (QED) is 0.813. The molecule has 0 aliphatic rings. The van der Waals surface area contributed by atoms with E-state index in [0.717, 1.165) is 11.3 Å². The number of esters is 1. The summed E-state index contributed by atoms with van der Waals surface area (Å²) in [4.78, 5) is 14.3. The van der Waals surface area contributed by atoms with Gasteiger partial charge in [-0.05, 0) is 29.8 Å². The molecule has 2 N–H and O–H groups in total. The van der Waals surface area contributed by atoms with Gasteiger partial charge in [0.1, 0.15) is 5.69 Å². The van der Waals surface area contributed by atoms with Crippen molar-refractivity contribution >= 4 is 5.97 Å². The third-order valence-corrected chi connectivity index (χ3v) is 2.85. The molecule has 0 saturated carbocycles. The van der Waals surface area contributed by atoms with E-state index in [1.807, 2.05) is 24.3 Å². The van der Waals surface area contributed by atoms with Gasteiger partial charge in [-0.25, -0.2) is 4.79 Å². The van der Waals surface area contributed by atoms with Crippen molar-refractivity contribution in [3.05, 3.63) is 58.9 Å². The van der Waals surface area contributed by atoms with Gasteiger partial charge < -0.3 is 15.0 Å². The van der Waals surface area contributed by atoms with Gasteiger partial charge in [-0.3, -0.25) is 0 Å². The molecule has 0 atom stereocenters. The topological polar surface area (TPSA) is 77.9 Å². The third-order valence-electron chi connectivity index (χ3n) is 2.85. The first-order chi connectivity index (χ1) is 9.72. The number of ether oxygens (including phenoxy) is 1. The highest BCUT2D eigenvalue weighted by atomic mass is 16.5. The molecule has 102 valence electrons. The van der Waals surface area contributed by atoms with Crippen molar-refractivity contribution in [1.29, 1.82) is 5.26 Å². The van der Waals surface area contributed by atoms with Crippen molar-refractivity contribution in [2.45, 2.75) is 13.1 Å². The zero-order valence-electron chi connectivity index (χ0n) is 11.1. The third kappa shape index (κ3) is 3.46. The summed E-state index contributed by atoms with van der Waals surface area (Å²) in [5.41, 5.74) is 3.04. The maximum Gasteiger partial charge on any atom is 0.354 e. The highest BCUT2D eigenvalue weighted by Crippen LogP contribution is 2.06. The van der Waals surface area contributed by atoms with E-state index in [4.69, 9.17) is 5.26 Å². The molecule has 0 unspecified atom stereocenters. The smallest absolute Gasteiger partial charge is 0.354 e. The first kappa shape index (κ1) is 13.8. The SMILES string of the molecule is COC(=O)c1ccc(CNCc2cccc(C#N)c2)[nH]1. The van der Waals surface area contributed by atoms with Gasteiger partial charge in [-0.15, -0.1) is 0 Å². The van der Waals surface area contributed by atoms with E-state index in [1.165, 1.54) is 7.11 Å². The summed E-state index contributed by atoms with van der Waals surface area (Å²) in [6.07, 6.45) is 0. The van der Waals surface area contributed by atoms with Crippen LogP contribution in [0.4, 0.5) is 0 Å². The molecule has 5 heteroatoms. The van der Waals surface area contributed by atoms with Crippen molar-refractivity contribution < 1.29 is 9.53 Å². The van der Waals surface area contributed by atoms with E-state index in [9.17, 15) is 4.79 Å². The minimum absolute atomic E-state index is 0.377. The van der Waals surface area contributed by atoms with Gasteiger partial charge in [0.25, 0.3) is 0 Å². The van der Waals surface area contributed by atoms with Gasteiger partial charge in [-0.2, -0.15) is 5.26 Å².